The van der Waals surface area contributed by atoms with Gasteiger partial charge in [0, 0.05) is 5.56 Å². The highest BCUT2D eigenvalue weighted by atomic mass is 16.5. The van der Waals surface area contributed by atoms with Gasteiger partial charge in [-0.2, -0.15) is 5.10 Å². The van der Waals surface area contributed by atoms with Crippen LogP contribution in [0, 0.1) is 0 Å². The Hall–Kier alpha value is -1.36. The molecule has 0 aromatic carbocycles. The lowest BCUT2D eigenvalue weighted by molar-refractivity contribution is -0.126. The topological polar surface area (TPSA) is 67.0 Å². The Morgan fingerprint density at radius 3 is 3.12 bits per heavy atom. The fourth-order valence-corrected chi connectivity index (χ4v) is 1.89. The molecule has 1 amide bonds. The maximum atomic E-state index is 11.8. The lowest BCUT2D eigenvalue weighted by Gasteiger charge is -2.11. The molecule has 2 atom stereocenters. The predicted octanol–water partition coefficient (Wildman–Crippen LogP) is 1.48. The third kappa shape index (κ3) is 2.24. The minimum Gasteiger partial charge on any atom is -0.365 e. The first-order chi connectivity index (χ1) is 7.70. The molecule has 1 aliphatic rings. The van der Waals surface area contributed by atoms with Crippen LogP contribution in [0.5, 0.6) is 0 Å². The Labute approximate surface area is 94.6 Å². The second-order valence-electron chi connectivity index (χ2n) is 4.13. The molecule has 0 saturated carbocycles. The molecule has 5 nitrogen and oxygen atoms in total. The average molecular weight is 223 g/mol. The van der Waals surface area contributed by atoms with Crippen LogP contribution in [0.2, 0.25) is 0 Å². The number of rotatable bonds is 3. The van der Waals surface area contributed by atoms with Crippen molar-refractivity contribution in [3.05, 3.63) is 11.8 Å². The van der Waals surface area contributed by atoms with E-state index in [9.17, 15) is 4.79 Å². The Morgan fingerprint density at radius 2 is 2.50 bits per heavy atom. The first-order valence-electron chi connectivity index (χ1n) is 5.69. The minimum absolute atomic E-state index is 0.0803. The van der Waals surface area contributed by atoms with E-state index in [1.165, 1.54) is 0 Å². The van der Waals surface area contributed by atoms with E-state index in [2.05, 4.69) is 15.5 Å². The van der Waals surface area contributed by atoms with Crippen molar-refractivity contribution in [2.45, 2.75) is 45.3 Å². The quantitative estimate of drug-likeness (QED) is 0.815. The van der Waals surface area contributed by atoms with Crippen LogP contribution in [0.4, 0.5) is 5.82 Å². The molecule has 1 aromatic rings. The Morgan fingerprint density at radius 1 is 1.69 bits per heavy atom. The van der Waals surface area contributed by atoms with Crippen LogP contribution in [0.15, 0.2) is 6.20 Å². The van der Waals surface area contributed by atoms with Gasteiger partial charge in [-0.05, 0) is 26.2 Å². The molecule has 0 spiro atoms. The zero-order valence-corrected chi connectivity index (χ0v) is 9.62. The molecular weight excluding hydrogens is 206 g/mol. The largest absolute Gasteiger partial charge is 0.365 e. The SMILES string of the molecule is CCc1cn[nH]c1NC(=O)C1CCC(C)O1. The number of carbonyl (C=O) groups is 1. The molecule has 1 aromatic heterocycles. The molecule has 2 unspecified atom stereocenters. The van der Waals surface area contributed by atoms with E-state index in [0.717, 1.165) is 24.8 Å². The van der Waals surface area contributed by atoms with E-state index in [4.69, 9.17) is 4.74 Å². The van der Waals surface area contributed by atoms with Crippen LogP contribution in [-0.4, -0.2) is 28.3 Å². The summed E-state index contributed by atoms with van der Waals surface area (Å²) in [4.78, 5) is 11.8. The number of aryl methyl sites for hydroxylation is 1. The van der Waals surface area contributed by atoms with Gasteiger partial charge < -0.3 is 10.1 Å². The first kappa shape index (κ1) is 11.1. The molecule has 2 rings (SSSR count). The first-order valence-corrected chi connectivity index (χ1v) is 5.69. The highest BCUT2D eigenvalue weighted by molar-refractivity contribution is 5.94. The fraction of sp³-hybridized carbons (Fsp3) is 0.636. The number of carbonyl (C=O) groups excluding carboxylic acids is 1. The van der Waals surface area contributed by atoms with E-state index in [0.29, 0.717) is 5.82 Å². The van der Waals surface area contributed by atoms with Gasteiger partial charge in [-0.15, -0.1) is 0 Å². The summed E-state index contributed by atoms with van der Waals surface area (Å²) in [5.74, 6) is 0.610. The van der Waals surface area contributed by atoms with Gasteiger partial charge in [-0.1, -0.05) is 6.92 Å². The summed E-state index contributed by atoms with van der Waals surface area (Å²) in [7, 11) is 0. The van der Waals surface area contributed by atoms with Crippen LogP contribution < -0.4 is 5.32 Å². The van der Waals surface area contributed by atoms with Crippen molar-refractivity contribution in [3.63, 3.8) is 0 Å². The van der Waals surface area contributed by atoms with Gasteiger partial charge in [0.15, 0.2) is 0 Å². The standard InChI is InChI=1S/C11H17N3O2/c1-3-8-6-12-14-10(8)13-11(15)9-5-4-7(2)16-9/h6-7,9H,3-5H2,1-2H3,(H2,12,13,14,15). The van der Waals surface area contributed by atoms with E-state index >= 15 is 0 Å². The number of anilines is 1. The number of hydrogen-bond acceptors (Lipinski definition) is 3. The number of ether oxygens (including phenoxy) is 1. The zero-order valence-electron chi connectivity index (χ0n) is 9.62. The summed E-state index contributed by atoms with van der Waals surface area (Å²) in [6, 6.07) is 0. The van der Waals surface area contributed by atoms with Crippen molar-refractivity contribution in [3.8, 4) is 0 Å². The molecular formula is C11H17N3O2. The second-order valence-corrected chi connectivity index (χ2v) is 4.13. The van der Waals surface area contributed by atoms with Gasteiger partial charge >= 0.3 is 0 Å². The average Bonchev–Trinajstić information content (AvgIpc) is 2.86. The molecule has 16 heavy (non-hydrogen) atoms. The summed E-state index contributed by atoms with van der Waals surface area (Å²) in [6.07, 6.45) is 4.18. The lowest BCUT2D eigenvalue weighted by Crippen LogP contribution is -2.28. The maximum Gasteiger partial charge on any atom is 0.254 e. The monoisotopic (exact) mass is 223 g/mol. The normalized spacial score (nSPS) is 24.6. The number of amides is 1. The summed E-state index contributed by atoms with van der Waals surface area (Å²) in [5, 5.41) is 9.51. The highest BCUT2D eigenvalue weighted by Gasteiger charge is 2.28. The predicted molar refractivity (Wildman–Crippen MR) is 60.2 cm³/mol. The molecule has 1 saturated heterocycles. The van der Waals surface area contributed by atoms with Gasteiger partial charge in [0.1, 0.15) is 11.9 Å². The van der Waals surface area contributed by atoms with Crippen molar-refractivity contribution in [2.75, 3.05) is 5.32 Å². The van der Waals surface area contributed by atoms with Crippen LogP contribution >= 0.6 is 0 Å². The number of H-pyrrole nitrogens is 1. The van der Waals surface area contributed by atoms with Gasteiger partial charge in [0.05, 0.1) is 12.3 Å². The summed E-state index contributed by atoms with van der Waals surface area (Å²) < 4.78 is 5.50. The molecule has 2 N–H and O–H groups in total. The molecule has 0 radical (unpaired) electrons. The highest BCUT2D eigenvalue weighted by Crippen LogP contribution is 2.21. The van der Waals surface area contributed by atoms with E-state index in [1.807, 2.05) is 13.8 Å². The molecule has 1 aliphatic heterocycles. The van der Waals surface area contributed by atoms with E-state index in [-0.39, 0.29) is 18.1 Å². The second kappa shape index (κ2) is 4.65. The summed E-state index contributed by atoms with van der Waals surface area (Å²) in [6.45, 7) is 4.01. The molecule has 5 heteroatoms. The van der Waals surface area contributed by atoms with Gasteiger partial charge in [-0.25, -0.2) is 0 Å². The third-order valence-electron chi connectivity index (χ3n) is 2.87. The number of hydrogen-bond donors (Lipinski definition) is 2. The number of aromatic amines is 1. The fourth-order valence-electron chi connectivity index (χ4n) is 1.89. The van der Waals surface area contributed by atoms with Crippen molar-refractivity contribution >= 4 is 11.7 Å². The Bertz CT molecular complexity index is 375. The van der Waals surface area contributed by atoms with Crippen molar-refractivity contribution in [1.29, 1.82) is 0 Å². The summed E-state index contributed by atoms with van der Waals surface area (Å²) >= 11 is 0. The molecule has 88 valence electrons. The van der Waals surface area contributed by atoms with Crippen molar-refractivity contribution in [2.24, 2.45) is 0 Å². The molecule has 0 bridgehead atoms. The van der Waals surface area contributed by atoms with Crippen LogP contribution in [0.1, 0.15) is 32.3 Å². The number of aromatic nitrogens is 2. The smallest absolute Gasteiger partial charge is 0.254 e. The van der Waals surface area contributed by atoms with Crippen LogP contribution in [0.3, 0.4) is 0 Å². The van der Waals surface area contributed by atoms with Gasteiger partial charge in [0.2, 0.25) is 0 Å². The third-order valence-corrected chi connectivity index (χ3v) is 2.87. The van der Waals surface area contributed by atoms with E-state index in [1.54, 1.807) is 6.20 Å². The molecule has 2 heterocycles. The Kier molecular flexibility index (Phi) is 3.24. The Balaban J connectivity index is 1.97. The van der Waals surface area contributed by atoms with Crippen LogP contribution in [-0.2, 0) is 16.0 Å². The van der Waals surface area contributed by atoms with Crippen molar-refractivity contribution < 1.29 is 9.53 Å². The van der Waals surface area contributed by atoms with Gasteiger partial charge in [0.25, 0.3) is 5.91 Å². The molecule has 0 aliphatic carbocycles. The van der Waals surface area contributed by atoms with Crippen molar-refractivity contribution in [1.82, 2.24) is 10.2 Å². The van der Waals surface area contributed by atoms with Crippen LogP contribution in [0.25, 0.3) is 0 Å². The zero-order chi connectivity index (χ0) is 11.5. The maximum absolute atomic E-state index is 11.8. The summed E-state index contributed by atoms with van der Waals surface area (Å²) in [5.41, 5.74) is 1.01. The minimum atomic E-state index is -0.317. The number of nitrogens with one attached hydrogen (secondary N) is 2. The van der Waals surface area contributed by atoms with Gasteiger partial charge in [-0.3, -0.25) is 9.89 Å². The lowest BCUT2D eigenvalue weighted by atomic mass is 10.2. The molecule has 1 fully saturated rings. The number of nitrogens with zero attached hydrogens (tertiary/aromatic N) is 1. The van der Waals surface area contributed by atoms with E-state index < -0.39 is 0 Å².